The van der Waals surface area contributed by atoms with E-state index in [-0.39, 0.29) is 25.0 Å². The number of urea groups is 1. The van der Waals surface area contributed by atoms with E-state index in [1.54, 1.807) is 0 Å². The molecule has 0 bridgehead atoms. The Balaban J connectivity index is 1.90. The average Bonchev–Trinajstić information content (AvgIpc) is 2.74. The van der Waals surface area contributed by atoms with E-state index in [1.165, 1.54) is 4.90 Å². The fourth-order valence-electron chi connectivity index (χ4n) is 3.07. The lowest BCUT2D eigenvalue weighted by Crippen LogP contribution is -2.50. The third-order valence-electron chi connectivity index (χ3n) is 4.49. The monoisotopic (exact) mass is 284 g/mol. The number of carbonyl (C=O) groups is 2. The highest BCUT2D eigenvalue weighted by Crippen LogP contribution is 2.35. The fraction of sp³-hybridized carbons (Fsp3) is 0.857. The molecule has 1 aliphatic heterocycles. The lowest BCUT2D eigenvalue weighted by Gasteiger charge is -2.35. The highest BCUT2D eigenvalue weighted by atomic mass is 16.4. The number of hydrogen-bond donors (Lipinski definition) is 3. The first kappa shape index (κ1) is 15.1. The summed E-state index contributed by atoms with van der Waals surface area (Å²) >= 11 is 0. The Labute approximate surface area is 119 Å². The number of aliphatic hydroxyl groups excluding tert-OH is 1. The molecule has 2 aliphatic rings. The summed E-state index contributed by atoms with van der Waals surface area (Å²) in [5.74, 6) is -1.05. The van der Waals surface area contributed by atoms with Crippen LogP contribution in [0.25, 0.3) is 0 Å². The summed E-state index contributed by atoms with van der Waals surface area (Å²) in [5, 5.41) is 21.6. The SMILES string of the molecule is CC1(C)CCC(NC(=O)N2CC(O)C[C@H]2C(=O)O)CC1. The Kier molecular flexibility index (Phi) is 4.22. The van der Waals surface area contributed by atoms with Gasteiger partial charge >= 0.3 is 12.0 Å². The zero-order valence-corrected chi connectivity index (χ0v) is 12.1. The first-order chi connectivity index (χ1) is 9.28. The van der Waals surface area contributed by atoms with Crippen LogP contribution < -0.4 is 5.32 Å². The van der Waals surface area contributed by atoms with Gasteiger partial charge in [-0.1, -0.05) is 13.8 Å². The number of carbonyl (C=O) groups excluding carboxylic acids is 1. The molecule has 1 saturated heterocycles. The number of aliphatic hydroxyl groups is 1. The van der Waals surface area contributed by atoms with Crippen molar-refractivity contribution in [2.24, 2.45) is 5.41 Å². The lowest BCUT2D eigenvalue weighted by molar-refractivity contribution is -0.141. The highest BCUT2D eigenvalue weighted by Gasteiger charge is 2.39. The minimum absolute atomic E-state index is 0.0982. The van der Waals surface area contributed by atoms with Crippen LogP contribution in [0.15, 0.2) is 0 Å². The second-order valence-corrected chi connectivity index (χ2v) is 6.78. The van der Waals surface area contributed by atoms with Crippen LogP contribution in [-0.2, 0) is 4.79 Å². The van der Waals surface area contributed by atoms with E-state index in [9.17, 15) is 14.7 Å². The van der Waals surface area contributed by atoms with E-state index in [0.29, 0.717) is 5.41 Å². The molecule has 20 heavy (non-hydrogen) atoms. The van der Waals surface area contributed by atoms with Crippen LogP contribution in [0, 0.1) is 5.41 Å². The van der Waals surface area contributed by atoms with E-state index >= 15 is 0 Å². The van der Waals surface area contributed by atoms with Crippen molar-refractivity contribution in [1.82, 2.24) is 10.2 Å². The van der Waals surface area contributed by atoms with Gasteiger partial charge in [0.2, 0.25) is 0 Å². The molecule has 114 valence electrons. The van der Waals surface area contributed by atoms with Gasteiger partial charge in [-0.15, -0.1) is 0 Å². The van der Waals surface area contributed by atoms with Crippen molar-refractivity contribution in [1.29, 1.82) is 0 Å². The average molecular weight is 284 g/mol. The van der Waals surface area contributed by atoms with Crippen molar-refractivity contribution >= 4 is 12.0 Å². The van der Waals surface area contributed by atoms with Gasteiger partial charge in [-0.2, -0.15) is 0 Å². The minimum atomic E-state index is -1.05. The molecule has 6 nitrogen and oxygen atoms in total. The summed E-state index contributed by atoms with van der Waals surface area (Å²) in [4.78, 5) is 24.5. The molecule has 2 amide bonds. The van der Waals surface area contributed by atoms with Gasteiger partial charge in [0.15, 0.2) is 0 Å². The normalized spacial score (nSPS) is 30.2. The molecular formula is C14H24N2O4. The molecule has 2 atom stereocenters. The number of hydrogen-bond acceptors (Lipinski definition) is 3. The third-order valence-corrected chi connectivity index (χ3v) is 4.49. The van der Waals surface area contributed by atoms with Gasteiger partial charge in [0.25, 0.3) is 0 Å². The van der Waals surface area contributed by atoms with E-state index in [0.717, 1.165) is 25.7 Å². The van der Waals surface area contributed by atoms with Crippen molar-refractivity contribution < 1.29 is 19.8 Å². The van der Waals surface area contributed by atoms with Crippen molar-refractivity contribution in [3.8, 4) is 0 Å². The number of carboxylic acids is 1. The van der Waals surface area contributed by atoms with Crippen LogP contribution in [-0.4, -0.2) is 51.8 Å². The Morgan fingerprint density at radius 3 is 2.40 bits per heavy atom. The Morgan fingerprint density at radius 2 is 1.85 bits per heavy atom. The van der Waals surface area contributed by atoms with Crippen LogP contribution >= 0.6 is 0 Å². The fourth-order valence-corrected chi connectivity index (χ4v) is 3.07. The summed E-state index contributed by atoms with van der Waals surface area (Å²) in [6.07, 6.45) is 3.33. The zero-order chi connectivity index (χ0) is 14.9. The van der Waals surface area contributed by atoms with Crippen LogP contribution in [0.4, 0.5) is 4.79 Å². The lowest BCUT2D eigenvalue weighted by atomic mass is 9.75. The molecule has 0 aromatic rings. The van der Waals surface area contributed by atoms with Gasteiger partial charge in [-0.25, -0.2) is 9.59 Å². The molecule has 0 spiro atoms. The third kappa shape index (κ3) is 3.42. The van der Waals surface area contributed by atoms with Gasteiger partial charge in [-0.3, -0.25) is 0 Å². The quantitative estimate of drug-likeness (QED) is 0.710. The molecule has 0 radical (unpaired) electrons. The van der Waals surface area contributed by atoms with Gasteiger partial charge in [0, 0.05) is 19.0 Å². The largest absolute Gasteiger partial charge is 0.480 e. The Hall–Kier alpha value is -1.30. The Morgan fingerprint density at radius 1 is 1.25 bits per heavy atom. The maximum Gasteiger partial charge on any atom is 0.326 e. The molecule has 2 fully saturated rings. The molecule has 1 unspecified atom stereocenters. The molecule has 6 heteroatoms. The smallest absolute Gasteiger partial charge is 0.326 e. The molecule has 0 aromatic heterocycles. The topological polar surface area (TPSA) is 89.9 Å². The van der Waals surface area contributed by atoms with E-state index in [4.69, 9.17) is 5.11 Å². The number of aliphatic carboxylic acids is 1. The van der Waals surface area contributed by atoms with E-state index in [2.05, 4.69) is 19.2 Å². The second kappa shape index (κ2) is 5.60. The van der Waals surface area contributed by atoms with Crippen molar-refractivity contribution in [3.05, 3.63) is 0 Å². The van der Waals surface area contributed by atoms with Crippen LogP contribution in [0.2, 0.25) is 0 Å². The van der Waals surface area contributed by atoms with Gasteiger partial charge in [-0.05, 0) is 31.1 Å². The molecule has 1 saturated carbocycles. The summed E-state index contributed by atoms with van der Waals surface area (Å²) in [7, 11) is 0. The first-order valence-corrected chi connectivity index (χ1v) is 7.26. The highest BCUT2D eigenvalue weighted by molar-refractivity contribution is 5.83. The zero-order valence-electron chi connectivity index (χ0n) is 12.1. The summed E-state index contributed by atoms with van der Waals surface area (Å²) in [6.45, 7) is 4.55. The minimum Gasteiger partial charge on any atom is -0.480 e. The summed E-state index contributed by atoms with van der Waals surface area (Å²) < 4.78 is 0. The molecule has 3 N–H and O–H groups in total. The van der Waals surface area contributed by atoms with E-state index in [1.807, 2.05) is 0 Å². The summed E-state index contributed by atoms with van der Waals surface area (Å²) in [6, 6.07) is -1.16. The van der Waals surface area contributed by atoms with Crippen molar-refractivity contribution in [2.75, 3.05) is 6.54 Å². The van der Waals surface area contributed by atoms with Gasteiger partial charge < -0.3 is 20.4 Å². The number of rotatable bonds is 2. The van der Waals surface area contributed by atoms with Crippen molar-refractivity contribution in [3.63, 3.8) is 0 Å². The maximum atomic E-state index is 12.2. The first-order valence-electron chi connectivity index (χ1n) is 7.26. The number of nitrogens with zero attached hydrogens (tertiary/aromatic N) is 1. The molecular weight excluding hydrogens is 260 g/mol. The molecule has 1 aliphatic carbocycles. The number of carboxylic acid groups (broad SMARTS) is 1. The predicted molar refractivity (Wildman–Crippen MR) is 73.3 cm³/mol. The Bertz CT molecular complexity index is 387. The predicted octanol–water partition coefficient (Wildman–Crippen LogP) is 1.18. The van der Waals surface area contributed by atoms with Gasteiger partial charge in [0.05, 0.1) is 6.10 Å². The molecule has 2 rings (SSSR count). The van der Waals surface area contributed by atoms with Crippen LogP contribution in [0.5, 0.6) is 0 Å². The number of amides is 2. The number of β-amino-alcohol motifs (C(OH)–C–C–N with tert-alkyl or cyclic N) is 1. The van der Waals surface area contributed by atoms with Crippen molar-refractivity contribution in [2.45, 2.75) is 64.1 Å². The number of likely N-dealkylation sites (tertiary alicyclic amines) is 1. The molecule has 0 aromatic carbocycles. The second-order valence-electron chi connectivity index (χ2n) is 6.78. The standard InChI is InChI=1S/C14H24N2O4/c1-14(2)5-3-9(4-6-14)15-13(20)16-8-10(17)7-11(16)12(18)19/h9-11,17H,3-8H2,1-2H3,(H,15,20)(H,18,19)/t10?,11-/m0/s1. The van der Waals surface area contributed by atoms with Gasteiger partial charge in [0.1, 0.15) is 6.04 Å². The van der Waals surface area contributed by atoms with E-state index < -0.39 is 18.1 Å². The molecule has 1 heterocycles. The number of nitrogens with one attached hydrogen (secondary N) is 1. The summed E-state index contributed by atoms with van der Waals surface area (Å²) in [5.41, 5.74) is 0.328. The van der Waals surface area contributed by atoms with Crippen LogP contribution in [0.3, 0.4) is 0 Å². The maximum absolute atomic E-state index is 12.2. The van der Waals surface area contributed by atoms with Crippen LogP contribution in [0.1, 0.15) is 46.0 Å².